The molecule has 0 saturated carbocycles. The summed E-state index contributed by atoms with van der Waals surface area (Å²) < 4.78 is 6.75. The minimum absolute atomic E-state index is 0.0665. The number of carbonyl (C=O) groups is 2. The number of hydrogen-bond acceptors (Lipinski definition) is 6. The van der Waals surface area contributed by atoms with Gasteiger partial charge in [0.05, 0.1) is 5.88 Å². The highest BCUT2D eigenvalue weighted by atomic mass is 79.9. The number of rotatable bonds is 3. The van der Waals surface area contributed by atoms with Crippen molar-refractivity contribution in [2.45, 2.75) is 44.9 Å². The van der Waals surface area contributed by atoms with E-state index in [0.29, 0.717) is 18.8 Å². The average Bonchev–Trinajstić information content (AvgIpc) is 3.43. The van der Waals surface area contributed by atoms with E-state index in [1.807, 2.05) is 25.7 Å². The number of anilines is 1. The third-order valence-corrected chi connectivity index (χ3v) is 7.77. The summed E-state index contributed by atoms with van der Waals surface area (Å²) in [5, 5.41) is 0. The van der Waals surface area contributed by atoms with E-state index in [0.717, 1.165) is 42.9 Å². The van der Waals surface area contributed by atoms with Gasteiger partial charge in [-0.15, -0.1) is 11.8 Å². The third kappa shape index (κ3) is 5.54. The van der Waals surface area contributed by atoms with E-state index in [1.54, 1.807) is 16.7 Å². The van der Waals surface area contributed by atoms with Gasteiger partial charge >= 0.3 is 6.09 Å². The van der Waals surface area contributed by atoms with E-state index in [4.69, 9.17) is 4.74 Å². The molecule has 32 heavy (non-hydrogen) atoms. The van der Waals surface area contributed by atoms with E-state index in [9.17, 15) is 9.59 Å². The van der Waals surface area contributed by atoms with Crippen molar-refractivity contribution in [3.05, 3.63) is 28.7 Å². The number of ether oxygens (including phenoxy) is 1. The number of benzene rings is 1. The number of carbonyl (C=O) groups excluding carboxylic acids is 2. The van der Waals surface area contributed by atoms with Gasteiger partial charge in [-0.25, -0.2) is 4.79 Å². The quantitative estimate of drug-likeness (QED) is 0.603. The van der Waals surface area contributed by atoms with Gasteiger partial charge < -0.3 is 14.5 Å². The van der Waals surface area contributed by atoms with E-state index < -0.39 is 11.6 Å². The smallest absolute Gasteiger partial charge is 0.411 e. The van der Waals surface area contributed by atoms with E-state index in [-0.39, 0.29) is 18.0 Å². The van der Waals surface area contributed by atoms with Crippen LogP contribution in [0.5, 0.6) is 0 Å². The Morgan fingerprint density at radius 1 is 1.06 bits per heavy atom. The zero-order valence-corrected chi connectivity index (χ0v) is 21.5. The molecule has 3 aliphatic heterocycles. The largest absolute Gasteiger partial charge is 0.444 e. The maximum absolute atomic E-state index is 13.3. The molecule has 176 valence electrons. The molecule has 3 aliphatic rings. The average molecular weight is 526 g/mol. The molecule has 0 unspecified atom stereocenters. The molecule has 3 saturated heterocycles. The fourth-order valence-corrected chi connectivity index (χ4v) is 5.85. The number of piperazine rings is 1. The standard InChI is InChI=1S/C23H33BrN4O3S/c1-23(2,3)31-22(30)28-15-19(14-20(28)21(29)27-12-13-32-16-27)26-10-8-25(9-11-26)18-6-4-17(24)5-7-18/h4-7,19-20H,8-16H2,1-3H3/t19-,20-/m0/s1. The maximum Gasteiger partial charge on any atom is 0.411 e. The van der Waals surface area contributed by atoms with E-state index in [2.05, 4.69) is 50.0 Å². The molecular weight excluding hydrogens is 492 g/mol. The van der Waals surface area contributed by atoms with Crippen molar-refractivity contribution in [1.82, 2.24) is 14.7 Å². The third-order valence-electron chi connectivity index (χ3n) is 6.28. The van der Waals surface area contributed by atoms with Gasteiger partial charge in [-0.05, 0) is 51.5 Å². The van der Waals surface area contributed by atoms with Crippen molar-refractivity contribution in [1.29, 1.82) is 0 Å². The summed E-state index contributed by atoms with van der Waals surface area (Å²) in [4.78, 5) is 34.6. The summed E-state index contributed by atoms with van der Waals surface area (Å²) >= 11 is 5.27. The number of thioether (sulfide) groups is 1. The van der Waals surface area contributed by atoms with Crippen LogP contribution in [0.25, 0.3) is 0 Å². The first-order chi connectivity index (χ1) is 15.2. The van der Waals surface area contributed by atoms with Crippen molar-refractivity contribution >= 4 is 45.4 Å². The van der Waals surface area contributed by atoms with Gasteiger partial charge in [0.1, 0.15) is 11.6 Å². The first-order valence-corrected chi connectivity index (χ1v) is 13.3. The van der Waals surface area contributed by atoms with E-state index in [1.165, 1.54) is 5.69 Å². The zero-order chi connectivity index (χ0) is 22.9. The Kier molecular flexibility index (Phi) is 7.27. The highest BCUT2D eigenvalue weighted by Crippen LogP contribution is 2.29. The minimum Gasteiger partial charge on any atom is -0.444 e. The second-order valence-electron chi connectivity index (χ2n) is 9.68. The summed E-state index contributed by atoms with van der Waals surface area (Å²) in [6.07, 6.45) is 0.302. The molecule has 1 aromatic rings. The van der Waals surface area contributed by atoms with Gasteiger partial charge in [0.25, 0.3) is 0 Å². The van der Waals surface area contributed by atoms with Crippen LogP contribution in [0.4, 0.5) is 10.5 Å². The van der Waals surface area contributed by atoms with Crippen LogP contribution in [0.1, 0.15) is 27.2 Å². The van der Waals surface area contributed by atoms with Crippen LogP contribution >= 0.6 is 27.7 Å². The minimum atomic E-state index is -0.581. The number of hydrogen-bond donors (Lipinski definition) is 0. The van der Waals surface area contributed by atoms with Crippen molar-refractivity contribution in [3.8, 4) is 0 Å². The molecule has 0 aromatic heterocycles. The number of amides is 2. The molecule has 0 spiro atoms. The summed E-state index contributed by atoms with van der Waals surface area (Å²) in [6, 6.07) is 8.18. The Hall–Kier alpha value is -1.45. The molecular formula is C23H33BrN4O3S. The van der Waals surface area contributed by atoms with Gasteiger partial charge in [0.2, 0.25) is 5.91 Å². The summed E-state index contributed by atoms with van der Waals surface area (Å²) in [5.41, 5.74) is 0.650. The predicted octanol–water partition coefficient (Wildman–Crippen LogP) is 3.48. The lowest BCUT2D eigenvalue weighted by molar-refractivity contribution is -0.134. The molecule has 0 aliphatic carbocycles. The van der Waals surface area contributed by atoms with Crippen LogP contribution in [0.3, 0.4) is 0 Å². The van der Waals surface area contributed by atoms with Crippen molar-refractivity contribution in [3.63, 3.8) is 0 Å². The molecule has 3 fully saturated rings. The molecule has 0 N–H and O–H groups in total. The normalized spacial score (nSPS) is 24.8. The summed E-state index contributed by atoms with van der Waals surface area (Å²) in [6.45, 7) is 10.6. The lowest BCUT2D eigenvalue weighted by Gasteiger charge is -2.39. The zero-order valence-electron chi connectivity index (χ0n) is 19.1. The summed E-state index contributed by atoms with van der Waals surface area (Å²) in [5.74, 6) is 1.75. The second-order valence-corrected chi connectivity index (χ2v) is 11.7. The fraction of sp³-hybridized carbons (Fsp3) is 0.652. The van der Waals surface area contributed by atoms with Crippen LogP contribution in [0.15, 0.2) is 28.7 Å². The number of nitrogens with zero attached hydrogens (tertiary/aromatic N) is 4. The van der Waals surface area contributed by atoms with Crippen LogP contribution in [0, 0.1) is 0 Å². The Labute approximate surface area is 203 Å². The number of likely N-dealkylation sites (tertiary alicyclic amines) is 1. The maximum atomic E-state index is 13.3. The molecule has 9 heteroatoms. The van der Waals surface area contributed by atoms with Crippen LogP contribution in [0.2, 0.25) is 0 Å². The van der Waals surface area contributed by atoms with Gasteiger partial charge in [-0.3, -0.25) is 14.6 Å². The van der Waals surface area contributed by atoms with Gasteiger partial charge in [-0.1, -0.05) is 15.9 Å². The molecule has 2 atom stereocenters. The van der Waals surface area contributed by atoms with Crippen molar-refractivity contribution < 1.29 is 14.3 Å². The molecule has 4 rings (SSSR count). The Bertz CT molecular complexity index is 818. The fourth-order valence-electron chi connectivity index (χ4n) is 4.63. The Morgan fingerprint density at radius 3 is 2.34 bits per heavy atom. The molecule has 0 radical (unpaired) electrons. The second kappa shape index (κ2) is 9.81. The van der Waals surface area contributed by atoms with Gasteiger partial charge in [-0.2, -0.15) is 0 Å². The van der Waals surface area contributed by atoms with Crippen LogP contribution < -0.4 is 4.90 Å². The first-order valence-electron chi connectivity index (χ1n) is 11.3. The molecule has 2 amide bonds. The van der Waals surface area contributed by atoms with Crippen molar-refractivity contribution in [2.75, 3.05) is 55.8 Å². The highest BCUT2D eigenvalue weighted by Gasteiger charge is 2.45. The monoisotopic (exact) mass is 524 g/mol. The Morgan fingerprint density at radius 2 is 1.75 bits per heavy atom. The SMILES string of the molecule is CC(C)(C)OC(=O)N1C[C@@H](N2CCN(c3ccc(Br)cc3)CC2)C[C@H]1C(=O)N1CCSC1. The van der Waals surface area contributed by atoms with Crippen molar-refractivity contribution in [2.24, 2.45) is 0 Å². The molecule has 1 aromatic carbocycles. The van der Waals surface area contributed by atoms with Crippen LogP contribution in [-0.2, 0) is 9.53 Å². The molecule has 3 heterocycles. The molecule has 7 nitrogen and oxygen atoms in total. The van der Waals surface area contributed by atoms with Gasteiger partial charge in [0, 0.05) is 61.2 Å². The lowest BCUT2D eigenvalue weighted by Crippen LogP contribution is -2.51. The first kappa shape index (κ1) is 23.7. The summed E-state index contributed by atoms with van der Waals surface area (Å²) in [7, 11) is 0. The van der Waals surface area contributed by atoms with Crippen LogP contribution in [-0.4, -0.2) is 95.3 Å². The number of halogens is 1. The molecule has 0 bridgehead atoms. The topological polar surface area (TPSA) is 56.3 Å². The van der Waals surface area contributed by atoms with E-state index >= 15 is 0 Å². The highest BCUT2D eigenvalue weighted by molar-refractivity contribution is 9.10. The predicted molar refractivity (Wildman–Crippen MR) is 132 cm³/mol. The Balaban J connectivity index is 1.42. The van der Waals surface area contributed by atoms with Gasteiger partial charge in [0.15, 0.2) is 0 Å². The lowest BCUT2D eigenvalue weighted by atomic mass is 10.1.